The van der Waals surface area contributed by atoms with Gasteiger partial charge in [-0.3, -0.25) is 0 Å². The Labute approximate surface area is 119 Å². The molecule has 0 spiro atoms. The van der Waals surface area contributed by atoms with E-state index in [1.165, 1.54) is 22.3 Å². The molecule has 0 aliphatic heterocycles. The van der Waals surface area contributed by atoms with Gasteiger partial charge in [-0.1, -0.05) is 48.5 Å². The van der Waals surface area contributed by atoms with Crippen LogP contribution in [0.4, 0.5) is 0 Å². The molecule has 1 aliphatic rings. The van der Waals surface area contributed by atoms with Gasteiger partial charge >= 0.3 is 42.8 Å². The van der Waals surface area contributed by atoms with Gasteiger partial charge in [0.15, 0.2) is 0 Å². The molecule has 0 fully saturated rings. The van der Waals surface area contributed by atoms with Crippen LogP contribution in [0.15, 0.2) is 48.5 Å². The zero-order valence-electron chi connectivity index (χ0n) is 8.45. The summed E-state index contributed by atoms with van der Waals surface area (Å²) < 4.78 is 0. The van der Waals surface area contributed by atoms with Crippen LogP contribution in [0.5, 0.6) is 0 Å². The Morgan fingerprint density at radius 3 is 1.50 bits per heavy atom. The predicted molar refractivity (Wildman–Crippen MR) is 72.2 cm³/mol. The van der Waals surface area contributed by atoms with Crippen LogP contribution in [-0.2, 0) is 18.2 Å². The molecule has 1 radical (unpaired) electrons. The molecular weight excluding hydrogens is 494 g/mol. The monoisotopic (exact) mass is 503 g/mol. The fraction of sp³-hybridized carbons (Fsp3) is 0. The van der Waals surface area contributed by atoms with E-state index < -0.39 is 0 Å². The molecule has 79 valence electrons. The zero-order chi connectivity index (χ0) is 11.4. The van der Waals surface area contributed by atoms with Crippen molar-refractivity contribution in [2.45, 2.75) is 0 Å². The second kappa shape index (κ2) is 6.27. The van der Waals surface area contributed by atoms with Crippen LogP contribution in [-0.4, -0.2) is 0 Å². The Bertz CT molecular complexity index is 439. The maximum atomic E-state index is 3.26. The number of fused-ring (bicyclic) bond motifs is 3. The van der Waals surface area contributed by atoms with E-state index in [1.807, 2.05) is 0 Å². The summed E-state index contributed by atoms with van der Waals surface area (Å²) in [5.74, 6) is 0. The Morgan fingerprint density at radius 2 is 1.06 bits per heavy atom. The topological polar surface area (TPSA) is 0 Å². The molecule has 0 heterocycles. The van der Waals surface area contributed by atoms with Crippen molar-refractivity contribution >= 4 is 24.6 Å². The van der Waals surface area contributed by atoms with Crippen molar-refractivity contribution in [1.82, 2.24) is 0 Å². The SMILES string of the molecule is [Br][Hf][Br].[CH]1c2ccccc2-c2ccccc21. The number of hydrogen-bond donors (Lipinski definition) is 0. The fourth-order valence-electron chi connectivity index (χ4n) is 1.90. The molecule has 0 saturated heterocycles. The summed E-state index contributed by atoms with van der Waals surface area (Å²) in [6.07, 6.45) is 2.24. The van der Waals surface area contributed by atoms with Crippen LogP contribution < -0.4 is 0 Å². The molecule has 0 saturated carbocycles. The minimum Gasteiger partial charge on any atom is -0.0619 e. The van der Waals surface area contributed by atoms with E-state index in [4.69, 9.17) is 0 Å². The Hall–Kier alpha value is 0.270. The molecule has 1 aliphatic carbocycles. The summed E-state index contributed by atoms with van der Waals surface area (Å²) in [6.45, 7) is 0. The van der Waals surface area contributed by atoms with Crippen molar-refractivity contribution < 1.29 is 18.2 Å². The predicted octanol–water partition coefficient (Wildman–Crippen LogP) is 4.96. The normalized spacial score (nSPS) is 10.9. The van der Waals surface area contributed by atoms with Gasteiger partial charge in [0, 0.05) is 6.42 Å². The standard InChI is InChI=1S/C13H9.2BrH.Hf/c1-3-7-12-10(5-1)9-11-6-2-4-8-13(11)12;;;/h1-9H;2*1H;/q;;;+2/p-2. The summed E-state index contributed by atoms with van der Waals surface area (Å²) in [5, 5.41) is 0. The van der Waals surface area contributed by atoms with E-state index in [1.54, 1.807) is 0 Å². The molecular formula is C13H9Br2Hf. The van der Waals surface area contributed by atoms with Crippen molar-refractivity contribution in [2.24, 2.45) is 0 Å². The zero-order valence-corrected chi connectivity index (χ0v) is 15.2. The van der Waals surface area contributed by atoms with E-state index in [2.05, 4.69) is 79.5 Å². The van der Waals surface area contributed by atoms with Crippen LogP contribution in [0.3, 0.4) is 0 Å². The van der Waals surface area contributed by atoms with Crippen molar-refractivity contribution in [3.63, 3.8) is 0 Å². The van der Waals surface area contributed by atoms with E-state index in [0.29, 0.717) is 0 Å². The van der Waals surface area contributed by atoms with Gasteiger partial charge in [-0.2, -0.15) is 0 Å². The smallest absolute Gasteiger partial charge is 0.0211 e. The minimum atomic E-state index is -0.292. The molecule has 0 unspecified atom stereocenters. The van der Waals surface area contributed by atoms with Gasteiger partial charge < -0.3 is 0 Å². The second-order valence-corrected chi connectivity index (χ2v) is 19.1. The maximum absolute atomic E-state index is 3.26. The average molecular weight is 504 g/mol. The fourth-order valence-corrected chi connectivity index (χ4v) is 1.90. The molecule has 0 N–H and O–H groups in total. The van der Waals surface area contributed by atoms with Crippen LogP contribution in [0.25, 0.3) is 11.1 Å². The number of rotatable bonds is 0. The molecule has 3 heteroatoms. The minimum absolute atomic E-state index is 0.292. The van der Waals surface area contributed by atoms with Gasteiger partial charge in [-0.05, 0) is 22.3 Å². The van der Waals surface area contributed by atoms with Gasteiger partial charge in [-0.25, -0.2) is 0 Å². The molecule has 0 bridgehead atoms. The third kappa shape index (κ3) is 2.74. The maximum Gasteiger partial charge on any atom is 0.0211 e. The third-order valence-corrected chi connectivity index (χ3v) is 2.52. The summed E-state index contributed by atoms with van der Waals surface area (Å²) >= 11 is 6.22. The number of hydrogen-bond acceptors (Lipinski definition) is 0. The van der Waals surface area contributed by atoms with Crippen molar-refractivity contribution in [1.29, 1.82) is 0 Å². The summed E-state index contributed by atoms with van der Waals surface area (Å²) in [6, 6.07) is 17.0. The van der Waals surface area contributed by atoms with Crippen LogP contribution in [0.2, 0.25) is 0 Å². The molecule has 3 rings (SSSR count). The molecule has 0 nitrogen and oxygen atoms in total. The van der Waals surface area contributed by atoms with E-state index >= 15 is 0 Å². The van der Waals surface area contributed by atoms with E-state index in [0.717, 1.165) is 0 Å². The van der Waals surface area contributed by atoms with E-state index in [-0.39, 0.29) is 18.2 Å². The molecule has 2 aromatic rings. The van der Waals surface area contributed by atoms with Crippen LogP contribution >= 0.6 is 24.6 Å². The first-order chi connectivity index (χ1) is 7.86. The molecule has 16 heavy (non-hydrogen) atoms. The second-order valence-electron chi connectivity index (χ2n) is 3.39. The first kappa shape index (κ1) is 12.7. The average Bonchev–Trinajstić information content (AvgIpc) is 2.68. The summed E-state index contributed by atoms with van der Waals surface area (Å²) in [7, 11) is 0. The number of halogens is 2. The van der Waals surface area contributed by atoms with Gasteiger partial charge in [-0.15, -0.1) is 0 Å². The van der Waals surface area contributed by atoms with Crippen molar-refractivity contribution in [3.8, 4) is 11.1 Å². The van der Waals surface area contributed by atoms with Crippen molar-refractivity contribution in [2.75, 3.05) is 0 Å². The summed E-state index contributed by atoms with van der Waals surface area (Å²) in [5.41, 5.74) is 5.39. The molecule has 2 aromatic carbocycles. The Kier molecular flexibility index (Phi) is 4.98. The largest absolute Gasteiger partial charge is 0.0619 e. The molecule has 0 amide bonds. The quantitative estimate of drug-likeness (QED) is 0.381. The van der Waals surface area contributed by atoms with Gasteiger partial charge in [0.2, 0.25) is 0 Å². The third-order valence-electron chi connectivity index (χ3n) is 2.52. The van der Waals surface area contributed by atoms with Crippen LogP contribution in [0, 0.1) is 6.42 Å². The summed E-state index contributed by atoms with van der Waals surface area (Å²) in [4.78, 5) is 0. The Morgan fingerprint density at radius 1 is 0.688 bits per heavy atom. The first-order valence-corrected chi connectivity index (χ1v) is 20.6. The van der Waals surface area contributed by atoms with Crippen molar-refractivity contribution in [3.05, 3.63) is 66.1 Å². The van der Waals surface area contributed by atoms with Gasteiger partial charge in [0.1, 0.15) is 0 Å². The van der Waals surface area contributed by atoms with Gasteiger partial charge in [0.25, 0.3) is 0 Å². The Balaban J connectivity index is 0.000000292. The van der Waals surface area contributed by atoms with Crippen LogP contribution in [0.1, 0.15) is 11.1 Å². The number of benzene rings is 2. The first-order valence-electron chi connectivity index (χ1n) is 4.86. The van der Waals surface area contributed by atoms with Gasteiger partial charge in [0.05, 0.1) is 0 Å². The van der Waals surface area contributed by atoms with E-state index in [9.17, 15) is 0 Å². The molecule has 0 aromatic heterocycles. The molecule has 0 atom stereocenters.